The molecular formula is C33H29NO9. The summed E-state index contributed by atoms with van der Waals surface area (Å²) in [5.41, 5.74) is 2.57. The van der Waals surface area contributed by atoms with Crippen molar-refractivity contribution in [1.29, 1.82) is 0 Å². The van der Waals surface area contributed by atoms with Crippen LogP contribution in [0.4, 0.5) is 0 Å². The van der Waals surface area contributed by atoms with Crippen molar-refractivity contribution in [3.63, 3.8) is 0 Å². The van der Waals surface area contributed by atoms with Gasteiger partial charge in [-0.2, -0.15) is 0 Å². The van der Waals surface area contributed by atoms with Gasteiger partial charge in [-0.05, 0) is 60.4 Å². The molecule has 4 aromatic rings. The van der Waals surface area contributed by atoms with Crippen LogP contribution in [0.15, 0.2) is 63.8 Å². The van der Waals surface area contributed by atoms with E-state index in [0.29, 0.717) is 70.8 Å². The first-order chi connectivity index (χ1) is 20.9. The molecule has 0 spiro atoms. The molecule has 3 aliphatic rings. The van der Waals surface area contributed by atoms with Gasteiger partial charge >= 0.3 is 5.63 Å². The Morgan fingerprint density at radius 2 is 1.60 bits per heavy atom. The van der Waals surface area contributed by atoms with Crippen molar-refractivity contribution in [2.24, 2.45) is 0 Å². The fraction of sp³-hybridized carbons (Fsp3) is 0.303. The Hall–Kier alpha value is -4.83. The van der Waals surface area contributed by atoms with Crippen LogP contribution in [0, 0.1) is 0 Å². The minimum atomic E-state index is -1.12. The molecule has 3 aliphatic heterocycles. The molecule has 10 heteroatoms. The molecule has 0 saturated carbocycles. The lowest BCUT2D eigenvalue weighted by Crippen LogP contribution is -2.50. The van der Waals surface area contributed by atoms with Crippen molar-refractivity contribution in [2.75, 3.05) is 27.9 Å². The Bertz CT molecular complexity index is 1830. The van der Waals surface area contributed by atoms with E-state index in [-0.39, 0.29) is 23.9 Å². The lowest BCUT2D eigenvalue weighted by Gasteiger charge is -2.46. The summed E-state index contributed by atoms with van der Waals surface area (Å²) in [4.78, 5) is 40.4. The number of nitrogens with zero attached hydrogens (tertiary/aromatic N) is 1. The number of ether oxygens (including phenoxy) is 5. The van der Waals surface area contributed by atoms with Crippen molar-refractivity contribution >= 4 is 22.8 Å². The molecule has 0 N–H and O–H groups in total. The van der Waals surface area contributed by atoms with Crippen molar-refractivity contribution in [3.8, 4) is 23.0 Å². The van der Waals surface area contributed by atoms with Gasteiger partial charge in [0.25, 0.3) is 11.8 Å². The van der Waals surface area contributed by atoms with Crippen molar-refractivity contribution in [2.45, 2.75) is 37.6 Å². The number of rotatable bonds is 8. The molecule has 0 fully saturated rings. The molecule has 1 unspecified atom stereocenters. The smallest absolute Gasteiger partial charge is 0.346 e. The maximum Gasteiger partial charge on any atom is 0.346 e. The lowest BCUT2D eigenvalue weighted by atomic mass is 9.85. The number of hydrogen-bond donors (Lipinski definition) is 0. The third-order valence-electron chi connectivity index (χ3n) is 8.44. The summed E-state index contributed by atoms with van der Waals surface area (Å²) in [6, 6.07) is 15.8. The molecule has 7 rings (SSSR count). The van der Waals surface area contributed by atoms with E-state index in [4.69, 9.17) is 28.1 Å². The first-order valence-electron chi connectivity index (χ1n) is 14.1. The zero-order valence-electron chi connectivity index (χ0n) is 23.9. The predicted molar refractivity (Wildman–Crippen MR) is 154 cm³/mol. The Kier molecular flexibility index (Phi) is 6.39. The largest absolute Gasteiger partial charge is 0.497 e. The second-order valence-electron chi connectivity index (χ2n) is 10.9. The first kappa shape index (κ1) is 27.0. The summed E-state index contributed by atoms with van der Waals surface area (Å²) in [5.74, 6) is 0.353. The minimum absolute atomic E-state index is 0.271. The normalized spacial score (nSPS) is 19.9. The predicted octanol–water partition coefficient (Wildman–Crippen LogP) is 5.04. The van der Waals surface area contributed by atoms with Gasteiger partial charge < -0.3 is 28.1 Å². The maximum atomic E-state index is 13.4. The van der Waals surface area contributed by atoms with Crippen LogP contribution in [-0.4, -0.2) is 50.4 Å². The molecule has 2 amide bonds. The van der Waals surface area contributed by atoms with Gasteiger partial charge in [0.2, 0.25) is 5.79 Å². The summed E-state index contributed by atoms with van der Waals surface area (Å²) in [6.45, 7) is 0.274. The van der Waals surface area contributed by atoms with Crippen molar-refractivity contribution in [1.82, 2.24) is 4.90 Å². The third-order valence-corrected chi connectivity index (χ3v) is 8.44. The highest BCUT2D eigenvalue weighted by Gasteiger charge is 2.50. The summed E-state index contributed by atoms with van der Waals surface area (Å²) >= 11 is 0. The fourth-order valence-corrected chi connectivity index (χ4v) is 6.34. The molecule has 2 atom stereocenters. The third kappa shape index (κ3) is 4.24. The Balaban J connectivity index is 1.23. The van der Waals surface area contributed by atoms with Crippen LogP contribution in [0.2, 0.25) is 0 Å². The molecule has 10 nitrogen and oxygen atoms in total. The van der Waals surface area contributed by atoms with E-state index < -0.39 is 17.5 Å². The second-order valence-corrected chi connectivity index (χ2v) is 10.9. The first-order valence-corrected chi connectivity index (χ1v) is 14.1. The van der Waals surface area contributed by atoms with Crippen LogP contribution < -0.4 is 24.6 Å². The number of fused-ring (bicyclic) bond motifs is 9. The number of benzene rings is 3. The summed E-state index contributed by atoms with van der Waals surface area (Å²) in [7, 11) is 4.67. The topological polar surface area (TPSA) is 114 Å². The fourth-order valence-electron chi connectivity index (χ4n) is 6.34. The van der Waals surface area contributed by atoms with Crippen LogP contribution >= 0.6 is 0 Å². The van der Waals surface area contributed by atoms with E-state index in [2.05, 4.69) is 0 Å². The van der Waals surface area contributed by atoms with E-state index in [1.165, 1.54) is 4.90 Å². The van der Waals surface area contributed by atoms with Crippen LogP contribution in [0.25, 0.3) is 11.0 Å². The van der Waals surface area contributed by atoms with E-state index in [9.17, 15) is 14.4 Å². The van der Waals surface area contributed by atoms with Gasteiger partial charge in [0, 0.05) is 25.5 Å². The SMILES string of the molecule is COc1ccc2c3c(c(=O)oc2c1)C1O[C@](CCCCN2C(=O)c4ccccc4C2=O)(Cc2cc(OC)c(OC)cc21)O3. The summed E-state index contributed by atoms with van der Waals surface area (Å²) in [5, 5.41) is 0.628. The zero-order valence-corrected chi connectivity index (χ0v) is 23.9. The second kappa shape index (κ2) is 10.2. The van der Waals surface area contributed by atoms with Gasteiger partial charge in [0.05, 0.1) is 37.8 Å². The standard InChI is InChI=1S/C33H29NO9/c1-38-19-10-11-22-24(15-19)41-32(37)27-28(22)42-33(17-18-14-25(39-2)26(40-3)16-23(18)29(27)43-33)12-6-7-13-34-30(35)20-8-4-5-9-21(20)31(34)36/h4-5,8-11,14-16,29H,6-7,12-13,17H2,1-3H3/t29?,33-/m1/s1. The van der Waals surface area contributed by atoms with Crippen molar-refractivity contribution in [3.05, 3.63) is 92.8 Å². The number of hydrogen-bond acceptors (Lipinski definition) is 9. The van der Waals surface area contributed by atoms with Crippen LogP contribution in [0.5, 0.6) is 23.0 Å². The molecule has 3 aromatic carbocycles. The molecule has 43 heavy (non-hydrogen) atoms. The number of methoxy groups -OCH3 is 3. The molecule has 4 heterocycles. The van der Waals surface area contributed by atoms with Crippen molar-refractivity contribution < 1.29 is 37.7 Å². The Morgan fingerprint density at radius 1 is 0.884 bits per heavy atom. The van der Waals surface area contributed by atoms with E-state index in [0.717, 1.165) is 11.1 Å². The average Bonchev–Trinajstić information content (AvgIpc) is 3.26. The number of carbonyl (C=O) groups is 2. The molecule has 2 bridgehead atoms. The number of unbranched alkanes of at least 4 members (excludes halogenated alkanes) is 1. The van der Waals surface area contributed by atoms with Crippen LogP contribution in [0.3, 0.4) is 0 Å². The number of imide groups is 1. The summed E-state index contributed by atoms with van der Waals surface area (Å²) < 4.78 is 35.5. The van der Waals surface area contributed by atoms with E-state index in [1.54, 1.807) is 57.7 Å². The molecular weight excluding hydrogens is 554 g/mol. The van der Waals surface area contributed by atoms with Gasteiger partial charge in [0.1, 0.15) is 28.7 Å². The monoisotopic (exact) mass is 583 g/mol. The number of amides is 2. The van der Waals surface area contributed by atoms with Crippen LogP contribution in [0.1, 0.15) is 62.8 Å². The van der Waals surface area contributed by atoms with Gasteiger partial charge in [-0.1, -0.05) is 12.1 Å². The quantitative estimate of drug-likeness (QED) is 0.160. The highest BCUT2D eigenvalue weighted by atomic mass is 16.7. The summed E-state index contributed by atoms with van der Waals surface area (Å²) in [6.07, 6.45) is 1.18. The average molecular weight is 584 g/mol. The highest BCUT2D eigenvalue weighted by Crippen LogP contribution is 2.52. The van der Waals surface area contributed by atoms with Gasteiger partial charge in [0.15, 0.2) is 11.5 Å². The van der Waals surface area contributed by atoms with Gasteiger partial charge in [-0.15, -0.1) is 0 Å². The maximum absolute atomic E-state index is 13.4. The lowest BCUT2D eigenvalue weighted by molar-refractivity contribution is -0.232. The van der Waals surface area contributed by atoms with E-state index >= 15 is 0 Å². The van der Waals surface area contributed by atoms with Gasteiger partial charge in [-0.25, -0.2) is 4.79 Å². The molecule has 0 radical (unpaired) electrons. The molecule has 0 saturated heterocycles. The van der Waals surface area contributed by atoms with Crippen LogP contribution in [-0.2, 0) is 11.2 Å². The minimum Gasteiger partial charge on any atom is -0.497 e. The highest BCUT2D eigenvalue weighted by molar-refractivity contribution is 6.21. The Labute approximate surface area is 246 Å². The van der Waals surface area contributed by atoms with E-state index in [1.807, 2.05) is 18.2 Å². The Morgan fingerprint density at radius 3 is 2.30 bits per heavy atom. The molecule has 0 aliphatic carbocycles. The molecule has 220 valence electrons. The molecule has 1 aromatic heterocycles. The zero-order chi connectivity index (χ0) is 29.9. The number of carbonyl (C=O) groups excluding carboxylic acids is 2. The van der Waals surface area contributed by atoms with Gasteiger partial charge in [-0.3, -0.25) is 14.5 Å².